The SMILES string of the molecule is COc1cc(N2CCN(C)CC2)ccc1Nc1ncc2c(n1)N(C1CCCCC1)CN=C2. The molecule has 8 nitrogen and oxygen atoms in total. The molecular formula is C24H33N7O. The van der Waals surface area contributed by atoms with E-state index in [1.54, 1.807) is 7.11 Å². The molecule has 1 aliphatic carbocycles. The fourth-order valence-corrected chi connectivity index (χ4v) is 4.90. The van der Waals surface area contributed by atoms with Gasteiger partial charge in [0, 0.05) is 56.4 Å². The molecule has 2 aliphatic heterocycles. The maximum absolute atomic E-state index is 5.71. The molecule has 0 bridgehead atoms. The molecule has 1 aromatic heterocycles. The lowest BCUT2D eigenvalue weighted by atomic mass is 9.94. The summed E-state index contributed by atoms with van der Waals surface area (Å²) in [7, 11) is 3.88. The number of piperazine rings is 1. The third-order valence-corrected chi connectivity index (χ3v) is 6.85. The molecule has 2 aromatic rings. The number of methoxy groups -OCH3 is 1. The summed E-state index contributed by atoms with van der Waals surface area (Å²) in [5.74, 6) is 2.37. The minimum Gasteiger partial charge on any atom is -0.494 e. The van der Waals surface area contributed by atoms with Crippen LogP contribution in [0.3, 0.4) is 0 Å². The van der Waals surface area contributed by atoms with Gasteiger partial charge < -0.3 is 24.8 Å². The number of benzene rings is 1. The number of likely N-dealkylation sites (N-methyl/N-ethyl adjacent to an activating group) is 1. The molecule has 2 fully saturated rings. The minimum absolute atomic E-state index is 0.514. The van der Waals surface area contributed by atoms with Crippen molar-refractivity contribution in [1.82, 2.24) is 14.9 Å². The van der Waals surface area contributed by atoms with Crippen LogP contribution in [-0.2, 0) is 0 Å². The van der Waals surface area contributed by atoms with E-state index in [0.717, 1.165) is 49.0 Å². The van der Waals surface area contributed by atoms with Gasteiger partial charge in [-0.05, 0) is 32.0 Å². The Morgan fingerprint density at radius 3 is 2.66 bits per heavy atom. The van der Waals surface area contributed by atoms with Gasteiger partial charge in [0.25, 0.3) is 0 Å². The van der Waals surface area contributed by atoms with Crippen LogP contribution in [0, 0.1) is 0 Å². The fourth-order valence-electron chi connectivity index (χ4n) is 4.90. The van der Waals surface area contributed by atoms with Gasteiger partial charge in [0.2, 0.25) is 5.95 Å². The Kier molecular flexibility index (Phi) is 6.12. The topological polar surface area (TPSA) is 69.1 Å². The van der Waals surface area contributed by atoms with Crippen LogP contribution in [0.4, 0.5) is 23.1 Å². The highest BCUT2D eigenvalue weighted by Crippen LogP contribution is 2.34. The van der Waals surface area contributed by atoms with Crippen molar-refractivity contribution in [2.45, 2.75) is 38.1 Å². The van der Waals surface area contributed by atoms with E-state index in [9.17, 15) is 0 Å². The lowest BCUT2D eigenvalue weighted by Crippen LogP contribution is -2.44. The maximum atomic E-state index is 5.71. The number of hydrogen-bond acceptors (Lipinski definition) is 8. The smallest absolute Gasteiger partial charge is 0.229 e. The van der Waals surface area contributed by atoms with E-state index in [0.29, 0.717) is 18.7 Å². The zero-order valence-electron chi connectivity index (χ0n) is 19.1. The zero-order chi connectivity index (χ0) is 21.9. The number of fused-ring (bicyclic) bond motifs is 1. The van der Waals surface area contributed by atoms with E-state index in [4.69, 9.17) is 9.72 Å². The standard InChI is InChI=1S/C24H33N7O/c1-29-10-12-30(13-11-29)20-8-9-21(22(14-20)32-2)27-24-26-16-18-15-25-17-31(23(18)28-24)19-6-4-3-5-7-19/h8-9,14-16,19H,3-7,10-13,17H2,1-2H3,(H,26,27,28). The molecule has 1 saturated heterocycles. The monoisotopic (exact) mass is 435 g/mol. The quantitative estimate of drug-likeness (QED) is 0.771. The molecule has 0 amide bonds. The highest BCUT2D eigenvalue weighted by atomic mass is 16.5. The Morgan fingerprint density at radius 1 is 1.06 bits per heavy atom. The van der Waals surface area contributed by atoms with Gasteiger partial charge >= 0.3 is 0 Å². The van der Waals surface area contributed by atoms with Gasteiger partial charge in [-0.2, -0.15) is 4.98 Å². The summed E-state index contributed by atoms with van der Waals surface area (Å²) in [6.07, 6.45) is 10.1. The first-order valence-electron chi connectivity index (χ1n) is 11.7. The van der Waals surface area contributed by atoms with Gasteiger partial charge in [0.05, 0.1) is 18.4 Å². The molecule has 170 valence electrons. The van der Waals surface area contributed by atoms with Crippen molar-refractivity contribution in [3.8, 4) is 5.75 Å². The molecule has 3 aliphatic rings. The highest BCUT2D eigenvalue weighted by molar-refractivity contribution is 5.88. The Morgan fingerprint density at radius 2 is 1.88 bits per heavy atom. The number of rotatable bonds is 5. The summed E-state index contributed by atoms with van der Waals surface area (Å²) in [5, 5.41) is 3.39. The van der Waals surface area contributed by atoms with Crippen LogP contribution in [0.1, 0.15) is 37.7 Å². The molecule has 0 radical (unpaired) electrons. The number of nitrogens with one attached hydrogen (secondary N) is 1. The molecule has 1 N–H and O–H groups in total. The third kappa shape index (κ3) is 4.37. The lowest BCUT2D eigenvalue weighted by Gasteiger charge is -2.36. The highest BCUT2D eigenvalue weighted by Gasteiger charge is 2.26. The molecule has 0 unspecified atom stereocenters. The number of hydrogen-bond donors (Lipinski definition) is 1. The number of ether oxygens (including phenoxy) is 1. The molecule has 3 heterocycles. The first kappa shape index (κ1) is 21.0. The largest absolute Gasteiger partial charge is 0.494 e. The van der Waals surface area contributed by atoms with Gasteiger partial charge in [0.15, 0.2) is 0 Å². The Hall–Kier alpha value is -2.87. The van der Waals surface area contributed by atoms with Gasteiger partial charge in [0.1, 0.15) is 18.2 Å². The predicted molar refractivity (Wildman–Crippen MR) is 130 cm³/mol. The van der Waals surface area contributed by atoms with Crippen molar-refractivity contribution in [2.24, 2.45) is 4.99 Å². The molecule has 1 aromatic carbocycles. The summed E-state index contributed by atoms with van der Waals surface area (Å²) in [4.78, 5) is 21.1. The maximum Gasteiger partial charge on any atom is 0.229 e. The summed E-state index contributed by atoms with van der Waals surface area (Å²) < 4.78 is 5.71. The fraction of sp³-hybridized carbons (Fsp3) is 0.542. The summed E-state index contributed by atoms with van der Waals surface area (Å²) in [5.41, 5.74) is 3.05. The molecular weight excluding hydrogens is 402 g/mol. The van der Waals surface area contributed by atoms with E-state index in [2.05, 4.69) is 55.2 Å². The number of aromatic nitrogens is 2. The minimum atomic E-state index is 0.514. The van der Waals surface area contributed by atoms with Crippen LogP contribution >= 0.6 is 0 Å². The van der Waals surface area contributed by atoms with Crippen molar-refractivity contribution in [3.05, 3.63) is 30.0 Å². The predicted octanol–water partition coefficient (Wildman–Crippen LogP) is 3.51. The van der Waals surface area contributed by atoms with Crippen LogP contribution in [0.25, 0.3) is 0 Å². The van der Waals surface area contributed by atoms with Crippen molar-refractivity contribution in [2.75, 3.05) is 62.1 Å². The van der Waals surface area contributed by atoms with Crippen LogP contribution in [0.2, 0.25) is 0 Å². The van der Waals surface area contributed by atoms with Crippen LogP contribution in [0.5, 0.6) is 5.75 Å². The van der Waals surface area contributed by atoms with E-state index >= 15 is 0 Å². The third-order valence-electron chi connectivity index (χ3n) is 6.85. The van der Waals surface area contributed by atoms with Crippen LogP contribution in [-0.4, -0.2) is 74.1 Å². The normalized spacial score (nSPS) is 19.7. The first-order chi connectivity index (χ1) is 15.7. The molecule has 5 rings (SSSR count). The summed E-state index contributed by atoms with van der Waals surface area (Å²) in [6.45, 7) is 4.88. The van der Waals surface area contributed by atoms with Crippen molar-refractivity contribution >= 4 is 29.4 Å². The van der Waals surface area contributed by atoms with E-state index in [-0.39, 0.29) is 0 Å². The van der Waals surface area contributed by atoms with Gasteiger partial charge in [-0.1, -0.05) is 19.3 Å². The van der Waals surface area contributed by atoms with Gasteiger partial charge in [-0.3, -0.25) is 4.99 Å². The van der Waals surface area contributed by atoms with Crippen LogP contribution < -0.4 is 19.9 Å². The average Bonchev–Trinajstić information content (AvgIpc) is 2.85. The van der Waals surface area contributed by atoms with Crippen molar-refractivity contribution < 1.29 is 4.74 Å². The van der Waals surface area contributed by atoms with E-state index < -0.39 is 0 Å². The molecule has 8 heteroatoms. The molecule has 0 atom stereocenters. The first-order valence-corrected chi connectivity index (χ1v) is 11.7. The average molecular weight is 436 g/mol. The van der Waals surface area contributed by atoms with Crippen molar-refractivity contribution in [3.63, 3.8) is 0 Å². The number of aliphatic imine (C=N–C) groups is 1. The Balaban J connectivity index is 1.36. The molecule has 0 spiro atoms. The second-order valence-corrected chi connectivity index (χ2v) is 8.99. The van der Waals surface area contributed by atoms with Crippen molar-refractivity contribution in [1.29, 1.82) is 0 Å². The van der Waals surface area contributed by atoms with Gasteiger partial charge in [-0.15, -0.1) is 0 Å². The lowest BCUT2D eigenvalue weighted by molar-refractivity contribution is 0.312. The molecule has 32 heavy (non-hydrogen) atoms. The Labute approximate surface area is 190 Å². The number of anilines is 4. The summed E-state index contributed by atoms with van der Waals surface area (Å²) in [6, 6.07) is 6.83. The van der Waals surface area contributed by atoms with Crippen LogP contribution in [0.15, 0.2) is 29.4 Å². The van der Waals surface area contributed by atoms with Gasteiger partial charge in [-0.25, -0.2) is 4.98 Å². The second kappa shape index (κ2) is 9.32. The summed E-state index contributed by atoms with van der Waals surface area (Å²) >= 11 is 0. The zero-order valence-corrected chi connectivity index (χ0v) is 19.1. The number of nitrogens with zero attached hydrogens (tertiary/aromatic N) is 6. The van der Waals surface area contributed by atoms with E-state index in [1.165, 1.54) is 37.8 Å². The second-order valence-electron chi connectivity index (χ2n) is 8.99. The van der Waals surface area contributed by atoms with E-state index in [1.807, 2.05) is 12.4 Å². The Bertz CT molecular complexity index is 965. The molecule has 1 saturated carbocycles.